The molecule has 0 unspecified atom stereocenters. The van der Waals surface area contributed by atoms with Gasteiger partial charge in [0.15, 0.2) is 5.79 Å². The first kappa shape index (κ1) is 16.2. The van der Waals surface area contributed by atoms with Gasteiger partial charge < -0.3 is 24.1 Å². The number of esters is 2. The third-order valence-electron chi connectivity index (χ3n) is 2.51. The molecule has 2 atom stereocenters. The highest BCUT2D eigenvalue weighted by Crippen LogP contribution is 2.32. The lowest BCUT2D eigenvalue weighted by Crippen LogP contribution is -2.24. The SMILES string of the molecule is COC(=O)/C=C\[C@H]1OC(C)(C)O[C@@H]1/C(O)=C/C(=O)OC. The summed E-state index contributed by atoms with van der Waals surface area (Å²) < 4.78 is 19.9. The molecular formula is C13H18O7. The molecule has 1 N–H and O–H groups in total. The summed E-state index contributed by atoms with van der Waals surface area (Å²) in [5.74, 6) is -2.59. The van der Waals surface area contributed by atoms with Gasteiger partial charge in [0.05, 0.1) is 20.3 Å². The normalized spacial score (nSPS) is 25.7. The van der Waals surface area contributed by atoms with Gasteiger partial charge in [-0.2, -0.15) is 0 Å². The molecule has 0 amide bonds. The Bertz CT molecular complexity index is 436. The average molecular weight is 286 g/mol. The average Bonchev–Trinajstić information content (AvgIpc) is 2.71. The quantitative estimate of drug-likeness (QED) is 0.465. The zero-order valence-corrected chi connectivity index (χ0v) is 11.8. The second-order valence-electron chi connectivity index (χ2n) is 4.50. The Morgan fingerprint density at radius 2 is 1.75 bits per heavy atom. The van der Waals surface area contributed by atoms with Gasteiger partial charge >= 0.3 is 11.9 Å². The van der Waals surface area contributed by atoms with Crippen LogP contribution < -0.4 is 0 Å². The van der Waals surface area contributed by atoms with Gasteiger partial charge in [-0.1, -0.05) is 0 Å². The maximum Gasteiger partial charge on any atom is 0.333 e. The first-order valence-corrected chi connectivity index (χ1v) is 5.89. The number of methoxy groups -OCH3 is 2. The molecule has 1 aliphatic rings. The van der Waals surface area contributed by atoms with E-state index in [9.17, 15) is 14.7 Å². The van der Waals surface area contributed by atoms with Crippen LogP contribution in [0.3, 0.4) is 0 Å². The molecule has 1 heterocycles. The molecule has 20 heavy (non-hydrogen) atoms. The maximum atomic E-state index is 11.1. The highest BCUT2D eigenvalue weighted by Gasteiger charge is 2.42. The molecule has 0 saturated carbocycles. The highest BCUT2D eigenvalue weighted by atomic mass is 16.8. The van der Waals surface area contributed by atoms with Gasteiger partial charge in [-0.25, -0.2) is 9.59 Å². The minimum atomic E-state index is -0.965. The van der Waals surface area contributed by atoms with E-state index in [1.165, 1.54) is 20.3 Å². The number of hydrogen-bond donors (Lipinski definition) is 1. The van der Waals surface area contributed by atoms with Crippen LogP contribution in [0.4, 0.5) is 0 Å². The molecule has 1 fully saturated rings. The van der Waals surface area contributed by atoms with Crippen molar-refractivity contribution < 1.29 is 33.6 Å². The molecule has 112 valence electrons. The monoisotopic (exact) mass is 286 g/mol. The predicted molar refractivity (Wildman–Crippen MR) is 67.7 cm³/mol. The summed E-state index contributed by atoms with van der Waals surface area (Å²) in [5.41, 5.74) is 0. The van der Waals surface area contributed by atoms with Crippen LogP contribution in [0.15, 0.2) is 24.0 Å². The molecule has 0 aromatic carbocycles. The fraction of sp³-hybridized carbons (Fsp3) is 0.538. The van der Waals surface area contributed by atoms with Crippen molar-refractivity contribution in [3.63, 3.8) is 0 Å². The molecule has 1 rings (SSSR count). The number of hydrogen-bond acceptors (Lipinski definition) is 7. The van der Waals surface area contributed by atoms with E-state index in [1.807, 2.05) is 0 Å². The molecule has 0 aromatic rings. The third kappa shape index (κ3) is 4.36. The summed E-state index contributed by atoms with van der Waals surface area (Å²) in [7, 11) is 2.44. The first-order valence-electron chi connectivity index (χ1n) is 5.89. The van der Waals surface area contributed by atoms with Crippen molar-refractivity contribution in [2.24, 2.45) is 0 Å². The van der Waals surface area contributed by atoms with Crippen LogP contribution in [0, 0.1) is 0 Å². The molecule has 1 aliphatic heterocycles. The predicted octanol–water partition coefficient (Wildman–Crippen LogP) is 0.851. The van der Waals surface area contributed by atoms with E-state index < -0.39 is 29.9 Å². The molecular weight excluding hydrogens is 268 g/mol. The fourth-order valence-corrected chi connectivity index (χ4v) is 1.66. The van der Waals surface area contributed by atoms with Gasteiger partial charge in [-0.3, -0.25) is 0 Å². The van der Waals surface area contributed by atoms with E-state index in [1.54, 1.807) is 13.8 Å². The number of rotatable bonds is 4. The van der Waals surface area contributed by atoms with E-state index in [0.29, 0.717) is 0 Å². The van der Waals surface area contributed by atoms with Gasteiger partial charge in [0.2, 0.25) is 0 Å². The summed E-state index contributed by atoms with van der Waals surface area (Å²) >= 11 is 0. The van der Waals surface area contributed by atoms with Crippen LogP contribution in [-0.4, -0.2) is 49.3 Å². The van der Waals surface area contributed by atoms with Crippen molar-refractivity contribution in [1.29, 1.82) is 0 Å². The largest absolute Gasteiger partial charge is 0.509 e. The summed E-state index contributed by atoms with van der Waals surface area (Å²) in [4.78, 5) is 22.2. The van der Waals surface area contributed by atoms with Crippen molar-refractivity contribution in [3.05, 3.63) is 24.0 Å². The lowest BCUT2D eigenvalue weighted by atomic mass is 10.1. The smallest absolute Gasteiger partial charge is 0.333 e. The zero-order chi connectivity index (χ0) is 15.3. The molecule has 7 nitrogen and oxygen atoms in total. The summed E-state index contributed by atoms with van der Waals surface area (Å²) in [5, 5.41) is 9.88. The molecule has 1 saturated heterocycles. The lowest BCUT2D eigenvalue weighted by molar-refractivity contribution is -0.143. The minimum Gasteiger partial charge on any atom is -0.509 e. The Kier molecular flexibility index (Phi) is 5.29. The molecule has 7 heteroatoms. The van der Waals surface area contributed by atoms with Crippen LogP contribution in [0.2, 0.25) is 0 Å². The van der Waals surface area contributed by atoms with Crippen LogP contribution >= 0.6 is 0 Å². The van der Waals surface area contributed by atoms with Crippen LogP contribution in [-0.2, 0) is 28.5 Å². The second-order valence-corrected chi connectivity index (χ2v) is 4.50. The van der Waals surface area contributed by atoms with Crippen molar-refractivity contribution in [3.8, 4) is 0 Å². The van der Waals surface area contributed by atoms with Gasteiger partial charge in [-0.05, 0) is 19.9 Å². The second kappa shape index (κ2) is 6.53. The Morgan fingerprint density at radius 3 is 2.30 bits per heavy atom. The maximum absolute atomic E-state index is 11.1. The van der Waals surface area contributed by atoms with Crippen molar-refractivity contribution >= 4 is 11.9 Å². The van der Waals surface area contributed by atoms with Gasteiger partial charge in [0, 0.05) is 6.08 Å². The number of aliphatic hydroxyl groups excluding tert-OH is 1. The van der Waals surface area contributed by atoms with Crippen molar-refractivity contribution in [2.45, 2.75) is 31.8 Å². The fourth-order valence-electron chi connectivity index (χ4n) is 1.66. The van der Waals surface area contributed by atoms with Crippen molar-refractivity contribution in [2.75, 3.05) is 14.2 Å². The Hall–Kier alpha value is -1.86. The number of carbonyl (C=O) groups is 2. The van der Waals surface area contributed by atoms with Gasteiger partial charge in [-0.15, -0.1) is 0 Å². The highest BCUT2D eigenvalue weighted by molar-refractivity contribution is 5.82. The molecule has 0 spiro atoms. The van der Waals surface area contributed by atoms with Crippen LogP contribution in [0.5, 0.6) is 0 Å². The van der Waals surface area contributed by atoms with Crippen molar-refractivity contribution in [1.82, 2.24) is 0 Å². The number of carbonyl (C=O) groups excluding carboxylic acids is 2. The number of aliphatic hydroxyl groups is 1. The molecule has 0 aliphatic carbocycles. The van der Waals surface area contributed by atoms with E-state index in [0.717, 1.165) is 12.2 Å². The summed E-state index contributed by atoms with van der Waals surface area (Å²) in [6.07, 6.45) is 1.81. The molecule has 0 aromatic heterocycles. The van der Waals surface area contributed by atoms with E-state index >= 15 is 0 Å². The van der Waals surface area contributed by atoms with E-state index in [4.69, 9.17) is 9.47 Å². The number of ether oxygens (including phenoxy) is 4. The molecule has 0 radical (unpaired) electrons. The third-order valence-corrected chi connectivity index (χ3v) is 2.51. The Morgan fingerprint density at radius 1 is 1.15 bits per heavy atom. The Labute approximate surface area is 116 Å². The first-order chi connectivity index (χ1) is 9.29. The van der Waals surface area contributed by atoms with Gasteiger partial charge in [0.1, 0.15) is 18.0 Å². The van der Waals surface area contributed by atoms with Crippen LogP contribution in [0.25, 0.3) is 0 Å². The van der Waals surface area contributed by atoms with Gasteiger partial charge in [0.25, 0.3) is 0 Å². The Balaban J connectivity index is 2.90. The lowest BCUT2D eigenvalue weighted by Gasteiger charge is -2.16. The summed E-state index contributed by atoms with van der Waals surface area (Å²) in [6, 6.07) is 0. The van der Waals surface area contributed by atoms with E-state index in [2.05, 4.69) is 9.47 Å². The molecule has 0 bridgehead atoms. The zero-order valence-electron chi connectivity index (χ0n) is 11.8. The van der Waals surface area contributed by atoms with Crippen LogP contribution in [0.1, 0.15) is 13.8 Å². The topological polar surface area (TPSA) is 91.3 Å². The standard InChI is InChI=1S/C13H18O7/c1-13(2)19-9(5-6-10(15)17-3)12(20-13)8(14)7-11(16)18-4/h5-7,9,12,14H,1-4H3/b6-5-,8-7-/t9-,12-/m1/s1. The minimum absolute atomic E-state index is 0.345. The summed E-state index contributed by atoms with van der Waals surface area (Å²) in [6.45, 7) is 3.30. The van der Waals surface area contributed by atoms with E-state index in [-0.39, 0.29) is 5.76 Å².